The van der Waals surface area contributed by atoms with Crippen molar-refractivity contribution in [2.75, 3.05) is 0 Å². The van der Waals surface area contributed by atoms with E-state index in [2.05, 4.69) is 4.98 Å². The van der Waals surface area contributed by atoms with Crippen molar-refractivity contribution in [1.29, 1.82) is 5.26 Å². The summed E-state index contributed by atoms with van der Waals surface area (Å²) in [5, 5.41) is 19.7. The van der Waals surface area contributed by atoms with Crippen LogP contribution in [0.2, 0.25) is 0 Å². The lowest BCUT2D eigenvalue weighted by molar-refractivity contribution is -0.386. The standard InChI is InChI=1S/C13H10N4O3/c14-6-9-1-3-11(4-2-9)20-13-12(17(18)19)5-10(7-15)8-16-13/h1-5,8H,6,14H2. The molecule has 20 heavy (non-hydrogen) atoms. The Balaban J connectivity index is 2.32. The lowest BCUT2D eigenvalue weighted by atomic mass is 10.2. The molecule has 0 radical (unpaired) electrons. The molecule has 2 aromatic rings. The molecule has 2 rings (SSSR count). The third-order valence-corrected chi connectivity index (χ3v) is 2.53. The van der Waals surface area contributed by atoms with E-state index in [-0.39, 0.29) is 17.1 Å². The molecule has 7 nitrogen and oxygen atoms in total. The average molecular weight is 270 g/mol. The smallest absolute Gasteiger partial charge is 0.332 e. The molecule has 0 aliphatic heterocycles. The Bertz CT molecular complexity index is 677. The molecule has 0 unspecified atom stereocenters. The number of pyridine rings is 1. The minimum atomic E-state index is -0.641. The Morgan fingerprint density at radius 2 is 2.10 bits per heavy atom. The van der Waals surface area contributed by atoms with E-state index in [9.17, 15) is 10.1 Å². The summed E-state index contributed by atoms with van der Waals surface area (Å²) in [7, 11) is 0. The fraction of sp³-hybridized carbons (Fsp3) is 0.0769. The summed E-state index contributed by atoms with van der Waals surface area (Å²) >= 11 is 0. The van der Waals surface area contributed by atoms with Gasteiger partial charge in [-0.3, -0.25) is 10.1 Å². The maximum absolute atomic E-state index is 10.9. The summed E-state index contributed by atoms with van der Waals surface area (Å²) < 4.78 is 5.37. The second-order valence-corrected chi connectivity index (χ2v) is 3.87. The van der Waals surface area contributed by atoms with Crippen molar-refractivity contribution in [2.45, 2.75) is 6.54 Å². The molecule has 0 fully saturated rings. The first kappa shape index (κ1) is 13.5. The van der Waals surface area contributed by atoms with Gasteiger partial charge in [0.2, 0.25) is 0 Å². The van der Waals surface area contributed by atoms with Crippen LogP contribution in [0.5, 0.6) is 11.6 Å². The number of hydrogen-bond donors (Lipinski definition) is 1. The van der Waals surface area contributed by atoms with Crippen molar-refractivity contribution in [1.82, 2.24) is 4.98 Å². The molecule has 7 heteroatoms. The molecule has 1 heterocycles. The molecule has 0 spiro atoms. The zero-order valence-electron chi connectivity index (χ0n) is 10.3. The highest BCUT2D eigenvalue weighted by atomic mass is 16.6. The number of nitrogens with two attached hydrogens (primary N) is 1. The van der Waals surface area contributed by atoms with Gasteiger partial charge in [-0.25, -0.2) is 4.98 Å². The lowest BCUT2D eigenvalue weighted by Crippen LogP contribution is -1.98. The second-order valence-electron chi connectivity index (χ2n) is 3.87. The van der Waals surface area contributed by atoms with Crippen molar-refractivity contribution < 1.29 is 9.66 Å². The van der Waals surface area contributed by atoms with E-state index in [0.717, 1.165) is 11.6 Å². The Labute approximate surface area is 114 Å². The number of hydrogen-bond acceptors (Lipinski definition) is 6. The zero-order valence-corrected chi connectivity index (χ0v) is 10.3. The molecule has 100 valence electrons. The first-order chi connectivity index (χ1) is 9.63. The van der Waals surface area contributed by atoms with Crippen molar-refractivity contribution in [3.05, 3.63) is 57.8 Å². The van der Waals surface area contributed by atoms with Gasteiger partial charge in [0.25, 0.3) is 5.88 Å². The van der Waals surface area contributed by atoms with Crippen LogP contribution in [0.3, 0.4) is 0 Å². The number of aromatic nitrogens is 1. The molecule has 0 atom stereocenters. The molecule has 0 bridgehead atoms. The van der Waals surface area contributed by atoms with E-state index in [4.69, 9.17) is 15.7 Å². The van der Waals surface area contributed by atoms with Gasteiger partial charge >= 0.3 is 5.69 Å². The van der Waals surface area contributed by atoms with Crippen LogP contribution in [-0.2, 0) is 6.54 Å². The van der Waals surface area contributed by atoms with E-state index in [1.165, 1.54) is 6.20 Å². The first-order valence-electron chi connectivity index (χ1n) is 5.65. The van der Waals surface area contributed by atoms with Crippen LogP contribution < -0.4 is 10.5 Å². The first-order valence-corrected chi connectivity index (χ1v) is 5.65. The molecule has 1 aromatic heterocycles. The Kier molecular flexibility index (Phi) is 3.88. The van der Waals surface area contributed by atoms with Gasteiger partial charge in [0.15, 0.2) is 0 Å². The number of nitriles is 1. The topological polar surface area (TPSA) is 115 Å². The van der Waals surface area contributed by atoms with Crippen LogP contribution in [0, 0.1) is 21.4 Å². The quantitative estimate of drug-likeness (QED) is 0.672. The predicted octanol–water partition coefficient (Wildman–Crippen LogP) is 2.11. The summed E-state index contributed by atoms with van der Waals surface area (Å²) in [5.74, 6) is 0.247. The molecule has 1 aromatic carbocycles. The van der Waals surface area contributed by atoms with Crippen molar-refractivity contribution >= 4 is 5.69 Å². The molecular weight excluding hydrogens is 260 g/mol. The Morgan fingerprint density at radius 3 is 2.65 bits per heavy atom. The number of rotatable bonds is 4. The van der Waals surface area contributed by atoms with Gasteiger partial charge in [0, 0.05) is 18.8 Å². The summed E-state index contributed by atoms with van der Waals surface area (Å²) in [6, 6.07) is 9.71. The minimum absolute atomic E-state index is 0.0996. The van der Waals surface area contributed by atoms with E-state index in [1.54, 1.807) is 30.3 Å². The number of nitro groups is 1. The van der Waals surface area contributed by atoms with Crippen molar-refractivity contribution in [3.8, 4) is 17.7 Å². The van der Waals surface area contributed by atoms with E-state index >= 15 is 0 Å². The fourth-order valence-electron chi connectivity index (χ4n) is 1.52. The summed E-state index contributed by atoms with van der Waals surface area (Å²) in [6.07, 6.45) is 1.22. The van der Waals surface area contributed by atoms with E-state index in [0.29, 0.717) is 12.3 Å². The zero-order chi connectivity index (χ0) is 14.5. The van der Waals surface area contributed by atoms with E-state index < -0.39 is 4.92 Å². The van der Waals surface area contributed by atoms with Gasteiger partial charge in [0.05, 0.1) is 10.5 Å². The molecule has 2 N–H and O–H groups in total. The Hall–Kier alpha value is -2.98. The highest BCUT2D eigenvalue weighted by molar-refractivity contribution is 5.48. The predicted molar refractivity (Wildman–Crippen MR) is 70.0 cm³/mol. The SMILES string of the molecule is N#Cc1cnc(Oc2ccc(CN)cc2)c([N+](=O)[O-])c1. The van der Waals surface area contributed by atoms with Gasteiger partial charge in [-0.1, -0.05) is 12.1 Å². The average Bonchev–Trinajstić information content (AvgIpc) is 2.48. The van der Waals surface area contributed by atoms with Crippen molar-refractivity contribution in [2.24, 2.45) is 5.73 Å². The molecule has 0 aliphatic carbocycles. The third kappa shape index (κ3) is 2.88. The van der Waals surface area contributed by atoms with Gasteiger partial charge in [-0.15, -0.1) is 0 Å². The third-order valence-electron chi connectivity index (χ3n) is 2.53. The van der Waals surface area contributed by atoms with Crippen LogP contribution in [-0.4, -0.2) is 9.91 Å². The van der Waals surface area contributed by atoms with Gasteiger partial charge < -0.3 is 10.5 Å². The number of nitrogens with zero attached hydrogens (tertiary/aromatic N) is 3. The number of benzene rings is 1. The molecule has 0 aliphatic rings. The monoisotopic (exact) mass is 270 g/mol. The summed E-state index contributed by atoms with van der Waals surface area (Å²) in [6.45, 7) is 0.398. The van der Waals surface area contributed by atoms with Crippen LogP contribution >= 0.6 is 0 Å². The molecule has 0 saturated heterocycles. The molecule has 0 amide bonds. The highest BCUT2D eigenvalue weighted by Gasteiger charge is 2.18. The minimum Gasteiger partial charge on any atom is -0.434 e. The van der Waals surface area contributed by atoms with Gasteiger partial charge in [0.1, 0.15) is 11.8 Å². The van der Waals surface area contributed by atoms with Crippen LogP contribution in [0.25, 0.3) is 0 Å². The largest absolute Gasteiger partial charge is 0.434 e. The van der Waals surface area contributed by atoms with Crippen LogP contribution in [0.4, 0.5) is 5.69 Å². The summed E-state index contributed by atoms with van der Waals surface area (Å²) in [4.78, 5) is 14.1. The Morgan fingerprint density at radius 1 is 1.40 bits per heavy atom. The maximum Gasteiger partial charge on any atom is 0.332 e. The van der Waals surface area contributed by atoms with Gasteiger partial charge in [-0.2, -0.15) is 5.26 Å². The highest BCUT2D eigenvalue weighted by Crippen LogP contribution is 2.29. The second kappa shape index (κ2) is 5.77. The lowest BCUT2D eigenvalue weighted by Gasteiger charge is -2.06. The summed E-state index contributed by atoms with van der Waals surface area (Å²) in [5.41, 5.74) is 6.14. The maximum atomic E-state index is 10.9. The molecule has 0 saturated carbocycles. The van der Waals surface area contributed by atoms with Crippen LogP contribution in [0.15, 0.2) is 36.5 Å². The van der Waals surface area contributed by atoms with Gasteiger partial charge in [-0.05, 0) is 17.7 Å². The van der Waals surface area contributed by atoms with E-state index in [1.807, 2.05) is 0 Å². The normalized spacial score (nSPS) is 9.80. The van der Waals surface area contributed by atoms with Crippen LogP contribution in [0.1, 0.15) is 11.1 Å². The fourth-order valence-corrected chi connectivity index (χ4v) is 1.52. The number of ether oxygens (including phenoxy) is 1. The van der Waals surface area contributed by atoms with Crippen molar-refractivity contribution in [3.63, 3.8) is 0 Å². The molecular formula is C13H10N4O3.